The van der Waals surface area contributed by atoms with E-state index in [9.17, 15) is 0 Å². The molecule has 0 aromatic rings. The van der Waals surface area contributed by atoms with Crippen LogP contribution in [0.25, 0.3) is 0 Å². The van der Waals surface area contributed by atoms with Gasteiger partial charge in [-0.05, 0) is 54.9 Å². The standard InChI is InChI=1S/C6H14O.C3H8O.3C3H6/c1-4-5-6(2,3)7;1-3(2)4;3*1-3-2/h7H,4-5H2,1-3H3;3-4H,1-2H3;3*3H,1H2,2H3. The Balaban J connectivity index is -0.0000000501. The van der Waals surface area contributed by atoms with Crippen molar-refractivity contribution in [3.63, 3.8) is 0 Å². The van der Waals surface area contributed by atoms with Gasteiger partial charge in [0.05, 0.1) is 5.60 Å². The van der Waals surface area contributed by atoms with E-state index in [2.05, 4.69) is 26.7 Å². The van der Waals surface area contributed by atoms with Crippen molar-refractivity contribution in [2.45, 2.75) is 79.9 Å². The van der Waals surface area contributed by atoms with Gasteiger partial charge in [0.25, 0.3) is 0 Å². The summed E-state index contributed by atoms with van der Waals surface area (Å²) in [5.41, 5.74) is -0.450. The third-order valence-electron chi connectivity index (χ3n) is 0.862. The Hall–Kier alpha value is -0.860. The average Bonchev–Trinajstić information content (AvgIpc) is 2.17. The molecule has 0 saturated heterocycles. The molecule has 0 aliphatic carbocycles. The largest absolute Gasteiger partial charge is 0.394 e. The Labute approximate surface area is 128 Å². The Kier molecular flexibility index (Phi) is 48.6. The Morgan fingerprint density at radius 2 is 1.10 bits per heavy atom. The molecule has 0 aliphatic rings. The maximum atomic E-state index is 9.02. The van der Waals surface area contributed by atoms with Gasteiger partial charge in [-0.2, -0.15) is 0 Å². The van der Waals surface area contributed by atoms with Crippen LogP contribution in [0.3, 0.4) is 0 Å². The van der Waals surface area contributed by atoms with E-state index in [1.54, 1.807) is 32.1 Å². The van der Waals surface area contributed by atoms with Crippen molar-refractivity contribution in [1.82, 2.24) is 0 Å². The minimum absolute atomic E-state index is 0.167. The van der Waals surface area contributed by atoms with Crippen molar-refractivity contribution in [2.75, 3.05) is 0 Å². The van der Waals surface area contributed by atoms with Gasteiger partial charge in [-0.15, -0.1) is 19.7 Å². The molecule has 0 rings (SSSR count). The fourth-order valence-electron chi connectivity index (χ4n) is 0.612. The van der Waals surface area contributed by atoms with E-state index in [0.29, 0.717) is 0 Å². The van der Waals surface area contributed by atoms with Crippen molar-refractivity contribution >= 4 is 0 Å². The molecular formula is C18H40O2. The maximum Gasteiger partial charge on any atom is 0.0591 e. The first kappa shape index (κ1) is 31.5. The zero-order valence-electron chi connectivity index (χ0n) is 15.2. The summed E-state index contributed by atoms with van der Waals surface area (Å²) in [5, 5.41) is 17.1. The van der Waals surface area contributed by atoms with Crippen molar-refractivity contribution in [3.8, 4) is 0 Å². The summed E-state index contributed by atoms with van der Waals surface area (Å²) >= 11 is 0. The third-order valence-corrected chi connectivity index (χ3v) is 0.862. The number of hydrogen-bond acceptors (Lipinski definition) is 2. The van der Waals surface area contributed by atoms with E-state index >= 15 is 0 Å². The molecule has 0 unspecified atom stereocenters. The predicted molar refractivity (Wildman–Crippen MR) is 96.2 cm³/mol. The topological polar surface area (TPSA) is 40.5 Å². The number of rotatable bonds is 2. The lowest BCUT2D eigenvalue weighted by molar-refractivity contribution is 0.0703. The zero-order chi connectivity index (χ0) is 17.6. The molecule has 0 amide bonds. The SMILES string of the molecule is C=CC.C=CC.C=CC.CC(C)O.CCCC(C)(C)O. The molecule has 0 bridgehead atoms. The minimum atomic E-state index is -0.450. The minimum Gasteiger partial charge on any atom is -0.394 e. The fourth-order valence-corrected chi connectivity index (χ4v) is 0.612. The molecule has 0 aliphatic heterocycles. The van der Waals surface area contributed by atoms with Crippen LogP contribution in [0.4, 0.5) is 0 Å². The molecule has 0 atom stereocenters. The quantitative estimate of drug-likeness (QED) is 0.657. The molecule has 2 heteroatoms. The van der Waals surface area contributed by atoms with Gasteiger partial charge >= 0.3 is 0 Å². The van der Waals surface area contributed by atoms with Gasteiger partial charge in [0.1, 0.15) is 0 Å². The van der Waals surface area contributed by atoms with Crippen molar-refractivity contribution in [2.24, 2.45) is 0 Å². The second-order valence-corrected chi connectivity index (χ2v) is 4.88. The van der Waals surface area contributed by atoms with Gasteiger partial charge in [0.15, 0.2) is 0 Å². The van der Waals surface area contributed by atoms with Gasteiger partial charge in [-0.3, -0.25) is 0 Å². The first-order valence-electron chi connectivity index (χ1n) is 7.15. The molecular weight excluding hydrogens is 248 g/mol. The van der Waals surface area contributed by atoms with Crippen LogP contribution in [-0.2, 0) is 0 Å². The smallest absolute Gasteiger partial charge is 0.0591 e. The number of allylic oxidation sites excluding steroid dienone is 3. The predicted octanol–water partition coefficient (Wildman–Crippen LogP) is 5.52. The van der Waals surface area contributed by atoms with E-state index < -0.39 is 5.60 Å². The molecule has 20 heavy (non-hydrogen) atoms. The van der Waals surface area contributed by atoms with Crippen LogP contribution in [0.5, 0.6) is 0 Å². The van der Waals surface area contributed by atoms with Crippen LogP contribution in [0.1, 0.15) is 68.2 Å². The zero-order valence-corrected chi connectivity index (χ0v) is 15.2. The molecule has 0 aromatic carbocycles. The van der Waals surface area contributed by atoms with E-state index in [1.165, 1.54) is 0 Å². The maximum absolute atomic E-state index is 9.02. The first-order valence-corrected chi connectivity index (χ1v) is 7.15. The molecule has 0 saturated carbocycles. The van der Waals surface area contributed by atoms with E-state index in [0.717, 1.165) is 12.8 Å². The van der Waals surface area contributed by atoms with Crippen molar-refractivity contribution < 1.29 is 10.2 Å². The molecule has 2 N–H and O–H groups in total. The fraction of sp³-hybridized carbons (Fsp3) is 0.667. The average molecular weight is 289 g/mol. The lowest BCUT2D eigenvalue weighted by atomic mass is 10.0. The van der Waals surface area contributed by atoms with Crippen LogP contribution in [0.15, 0.2) is 38.0 Å². The Morgan fingerprint density at radius 3 is 1.10 bits per heavy atom. The number of aliphatic hydroxyl groups is 2. The van der Waals surface area contributed by atoms with E-state index in [-0.39, 0.29) is 6.10 Å². The highest BCUT2D eigenvalue weighted by molar-refractivity contribution is 4.61. The Bertz CT molecular complexity index is 148. The summed E-state index contributed by atoms with van der Waals surface area (Å²) in [6.07, 6.45) is 7.04. The van der Waals surface area contributed by atoms with E-state index in [4.69, 9.17) is 10.2 Å². The highest BCUT2D eigenvalue weighted by atomic mass is 16.3. The highest BCUT2D eigenvalue weighted by Crippen LogP contribution is 2.08. The van der Waals surface area contributed by atoms with Gasteiger partial charge in [-0.1, -0.05) is 31.6 Å². The number of hydrogen-bond donors (Lipinski definition) is 2. The number of aliphatic hydroxyl groups excluding tert-OH is 1. The molecule has 124 valence electrons. The van der Waals surface area contributed by atoms with Crippen LogP contribution in [-0.4, -0.2) is 21.9 Å². The lowest BCUT2D eigenvalue weighted by Crippen LogP contribution is -2.16. The summed E-state index contributed by atoms with van der Waals surface area (Å²) in [6, 6.07) is 0. The summed E-state index contributed by atoms with van der Waals surface area (Å²) in [7, 11) is 0. The lowest BCUT2D eigenvalue weighted by Gasteiger charge is -2.14. The molecule has 0 fully saturated rings. The summed E-state index contributed by atoms with van der Waals surface area (Å²) < 4.78 is 0. The summed E-state index contributed by atoms with van der Waals surface area (Å²) in [4.78, 5) is 0. The van der Waals surface area contributed by atoms with Gasteiger partial charge < -0.3 is 10.2 Å². The molecule has 0 radical (unpaired) electrons. The summed E-state index contributed by atoms with van der Waals surface area (Å²) in [5.74, 6) is 0. The molecule has 0 heterocycles. The van der Waals surface area contributed by atoms with Gasteiger partial charge in [0.2, 0.25) is 0 Å². The van der Waals surface area contributed by atoms with Crippen LogP contribution >= 0.6 is 0 Å². The van der Waals surface area contributed by atoms with Crippen LogP contribution in [0, 0.1) is 0 Å². The van der Waals surface area contributed by atoms with Crippen LogP contribution < -0.4 is 0 Å². The van der Waals surface area contributed by atoms with Gasteiger partial charge in [-0.25, -0.2) is 0 Å². The monoisotopic (exact) mass is 288 g/mol. The normalized spacial score (nSPS) is 7.95. The van der Waals surface area contributed by atoms with E-state index in [1.807, 2.05) is 34.6 Å². The van der Waals surface area contributed by atoms with Crippen molar-refractivity contribution in [1.29, 1.82) is 0 Å². The van der Waals surface area contributed by atoms with Crippen LogP contribution in [0.2, 0.25) is 0 Å². The molecule has 2 nitrogen and oxygen atoms in total. The highest BCUT2D eigenvalue weighted by Gasteiger charge is 2.08. The third kappa shape index (κ3) is 453. The second-order valence-electron chi connectivity index (χ2n) is 4.88. The Morgan fingerprint density at radius 1 is 0.950 bits per heavy atom. The summed E-state index contributed by atoms with van der Waals surface area (Å²) in [6.45, 7) is 24.9. The molecule has 0 aromatic heterocycles. The van der Waals surface area contributed by atoms with Gasteiger partial charge in [0, 0.05) is 6.10 Å². The van der Waals surface area contributed by atoms with Crippen molar-refractivity contribution in [3.05, 3.63) is 38.0 Å². The second kappa shape index (κ2) is 30.9. The first-order chi connectivity index (χ1) is 9.04. The molecule has 0 spiro atoms.